The number of amides is 1. The Kier molecular flexibility index (Phi) is 5.82. The number of rotatable bonds is 6. The number of halogens is 3. The summed E-state index contributed by atoms with van der Waals surface area (Å²) >= 11 is 0. The molecule has 0 aliphatic heterocycles. The minimum absolute atomic E-state index is 0.184. The molecule has 0 radical (unpaired) electrons. The van der Waals surface area contributed by atoms with Gasteiger partial charge >= 0.3 is 6.18 Å². The first-order valence-corrected chi connectivity index (χ1v) is 6.04. The first-order chi connectivity index (χ1) is 9.29. The van der Waals surface area contributed by atoms with Crippen LogP contribution in [0.1, 0.15) is 18.9 Å². The van der Waals surface area contributed by atoms with E-state index in [0.717, 1.165) is 24.3 Å². The molecule has 1 aromatic rings. The summed E-state index contributed by atoms with van der Waals surface area (Å²) in [5, 5.41) is 11.5. The van der Waals surface area contributed by atoms with Crippen LogP contribution in [0.25, 0.3) is 0 Å². The molecule has 0 aliphatic carbocycles. The predicted molar refractivity (Wildman–Crippen MR) is 66.2 cm³/mol. The molecular formula is C13H16F3NO3. The van der Waals surface area contributed by atoms with E-state index in [-0.39, 0.29) is 12.4 Å². The number of ether oxygens (including phenoxy) is 1. The Labute approximate surface area is 114 Å². The van der Waals surface area contributed by atoms with Gasteiger partial charge in [-0.2, -0.15) is 13.2 Å². The minimum atomic E-state index is -4.39. The highest BCUT2D eigenvalue weighted by Crippen LogP contribution is 2.30. The fourth-order valence-corrected chi connectivity index (χ4v) is 1.36. The van der Waals surface area contributed by atoms with Gasteiger partial charge in [0, 0.05) is 6.54 Å². The molecule has 0 aliphatic rings. The third kappa shape index (κ3) is 5.92. The quantitative estimate of drug-likeness (QED) is 0.842. The third-order valence-corrected chi connectivity index (χ3v) is 2.44. The Morgan fingerprint density at radius 1 is 1.35 bits per heavy atom. The van der Waals surface area contributed by atoms with Crippen molar-refractivity contribution in [2.75, 3.05) is 13.2 Å². The van der Waals surface area contributed by atoms with Crippen molar-refractivity contribution in [3.05, 3.63) is 29.8 Å². The molecule has 4 nitrogen and oxygen atoms in total. The van der Waals surface area contributed by atoms with Crippen LogP contribution in [0, 0.1) is 0 Å². The van der Waals surface area contributed by atoms with Gasteiger partial charge in [0.15, 0.2) is 6.61 Å². The summed E-state index contributed by atoms with van der Waals surface area (Å²) < 4.78 is 42.0. The van der Waals surface area contributed by atoms with Crippen LogP contribution in [0.3, 0.4) is 0 Å². The number of alkyl halides is 3. The SMILES string of the molecule is CC(O)CCNC(=O)COc1ccc(C(F)(F)F)cc1. The lowest BCUT2D eigenvalue weighted by Crippen LogP contribution is -2.31. The van der Waals surface area contributed by atoms with Crippen molar-refractivity contribution in [2.24, 2.45) is 0 Å². The van der Waals surface area contributed by atoms with Crippen molar-refractivity contribution in [1.29, 1.82) is 0 Å². The maximum atomic E-state index is 12.3. The van der Waals surface area contributed by atoms with Crippen LogP contribution in [0.2, 0.25) is 0 Å². The highest BCUT2D eigenvalue weighted by Gasteiger charge is 2.30. The summed E-state index contributed by atoms with van der Waals surface area (Å²) in [6.07, 6.45) is -4.48. The van der Waals surface area contributed by atoms with Crippen LogP contribution in [0.5, 0.6) is 5.75 Å². The molecule has 20 heavy (non-hydrogen) atoms. The smallest absolute Gasteiger partial charge is 0.416 e. The van der Waals surface area contributed by atoms with Crippen molar-refractivity contribution in [2.45, 2.75) is 25.6 Å². The average Bonchev–Trinajstić information content (AvgIpc) is 2.35. The van der Waals surface area contributed by atoms with E-state index in [2.05, 4.69) is 5.32 Å². The van der Waals surface area contributed by atoms with E-state index in [1.165, 1.54) is 0 Å². The summed E-state index contributed by atoms with van der Waals surface area (Å²) in [5.41, 5.74) is -0.772. The Bertz CT molecular complexity index is 429. The average molecular weight is 291 g/mol. The fraction of sp³-hybridized carbons (Fsp3) is 0.462. The zero-order valence-electron chi connectivity index (χ0n) is 10.9. The molecule has 2 N–H and O–H groups in total. The zero-order valence-corrected chi connectivity index (χ0v) is 10.9. The highest BCUT2D eigenvalue weighted by molar-refractivity contribution is 5.77. The van der Waals surface area contributed by atoms with Gasteiger partial charge in [-0.05, 0) is 37.6 Å². The van der Waals surface area contributed by atoms with E-state index in [4.69, 9.17) is 9.84 Å². The largest absolute Gasteiger partial charge is 0.484 e. The van der Waals surface area contributed by atoms with Crippen molar-refractivity contribution in [3.63, 3.8) is 0 Å². The third-order valence-electron chi connectivity index (χ3n) is 2.44. The predicted octanol–water partition coefficient (Wildman–Crippen LogP) is 1.97. The Balaban J connectivity index is 2.37. The summed E-state index contributed by atoms with van der Waals surface area (Å²) in [4.78, 5) is 11.3. The molecule has 1 atom stereocenters. The Hall–Kier alpha value is -1.76. The number of aliphatic hydroxyl groups is 1. The van der Waals surface area contributed by atoms with Crippen molar-refractivity contribution >= 4 is 5.91 Å². The molecule has 0 bridgehead atoms. The maximum Gasteiger partial charge on any atom is 0.416 e. The summed E-state index contributed by atoms with van der Waals surface area (Å²) in [7, 11) is 0. The number of hydrogen-bond acceptors (Lipinski definition) is 3. The fourth-order valence-electron chi connectivity index (χ4n) is 1.36. The molecule has 1 unspecified atom stereocenters. The number of benzene rings is 1. The molecule has 0 heterocycles. The van der Waals surface area contributed by atoms with Gasteiger partial charge in [-0.25, -0.2) is 0 Å². The molecule has 7 heteroatoms. The summed E-state index contributed by atoms with van der Waals surface area (Å²) in [6.45, 7) is 1.63. The molecule has 1 aromatic carbocycles. The van der Waals surface area contributed by atoms with E-state index < -0.39 is 23.8 Å². The van der Waals surface area contributed by atoms with Crippen LogP contribution in [-0.4, -0.2) is 30.3 Å². The normalized spacial score (nSPS) is 12.8. The van der Waals surface area contributed by atoms with Gasteiger partial charge in [0.2, 0.25) is 0 Å². The first kappa shape index (κ1) is 16.3. The second-order valence-corrected chi connectivity index (χ2v) is 4.30. The van der Waals surface area contributed by atoms with Crippen LogP contribution in [0.15, 0.2) is 24.3 Å². The molecule has 112 valence electrons. The van der Waals surface area contributed by atoms with Crippen LogP contribution >= 0.6 is 0 Å². The molecule has 0 spiro atoms. The van der Waals surface area contributed by atoms with Crippen molar-refractivity contribution < 1.29 is 27.8 Å². The summed E-state index contributed by atoms with van der Waals surface area (Å²) in [5.74, 6) is -0.214. The highest BCUT2D eigenvalue weighted by atomic mass is 19.4. The van der Waals surface area contributed by atoms with Crippen LogP contribution in [0.4, 0.5) is 13.2 Å². The molecule has 0 fully saturated rings. The van der Waals surface area contributed by atoms with Crippen LogP contribution < -0.4 is 10.1 Å². The van der Waals surface area contributed by atoms with Gasteiger partial charge in [0.1, 0.15) is 5.75 Å². The number of carbonyl (C=O) groups excluding carboxylic acids is 1. The van der Waals surface area contributed by atoms with E-state index >= 15 is 0 Å². The van der Waals surface area contributed by atoms with Gasteiger partial charge in [0.05, 0.1) is 11.7 Å². The zero-order chi connectivity index (χ0) is 15.2. The van der Waals surface area contributed by atoms with Gasteiger partial charge in [-0.3, -0.25) is 4.79 Å². The van der Waals surface area contributed by atoms with Crippen LogP contribution in [-0.2, 0) is 11.0 Å². The van der Waals surface area contributed by atoms with Crippen molar-refractivity contribution in [3.8, 4) is 5.75 Å². The van der Waals surface area contributed by atoms with E-state index in [1.54, 1.807) is 6.92 Å². The van der Waals surface area contributed by atoms with E-state index in [9.17, 15) is 18.0 Å². The van der Waals surface area contributed by atoms with Gasteiger partial charge < -0.3 is 15.2 Å². The molecule has 1 amide bonds. The standard InChI is InChI=1S/C13H16F3NO3/c1-9(18)6-7-17-12(19)8-20-11-4-2-10(3-5-11)13(14,15)16/h2-5,9,18H,6-8H2,1H3,(H,17,19). The molecule has 0 saturated heterocycles. The molecule has 1 rings (SSSR count). The van der Waals surface area contributed by atoms with Crippen molar-refractivity contribution in [1.82, 2.24) is 5.32 Å². The lowest BCUT2D eigenvalue weighted by atomic mass is 10.2. The Morgan fingerprint density at radius 3 is 2.45 bits per heavy atom. The van der Waals surface area contributed by atoms with Gasteiger partial charge in [0.25, 0.3) is 5.91 Å². The molecule has 0 aromatic heterocycles. The molecule has 0 saturated carbocycles. The summed E-state index contributed by atoms with van der Waals surface area (Å²) in [6, 6.07) is 4.10. The van der Waals surface area contributed by atoms with Gasteiger partial charge in [-0.15, -0.1) is 0 Å². The van der Waals surface area contributed by atoms with E-state index in [1.807, 2.05) is 0 Å². The van der Waals surface area contributed by atoms with Gasteiger partial charge in [-0.1, -0.05) is 0 Å². The lowest BCUT2D eigenvalue weighted by molar-refractivity contribution is -0.137. The number of nitrogens with one attached hydrogen (secondary N) is 1. The number of hydrogen-bond donors (Lipinski definition) is 2. The topological polar surface area (TPSA) is 58.6 Å². The maximum absolute atomic E-state index is 12.3. The first-order valence-electron chi connectivity index (χ1n) is 6.04. The second-order valence-electron chi connectivity index (χ2n) is 4.30. The second kappa shape index (κ2) is 7.14. The lowest BCUT2D eigenvalue weighted by Gasteiger charge is -2.10. The monoisotopic (exact) mass is 291 g/mol. The number of aliphatic hydroxyl groups excluding tert-OH is 1. The minimum Gasteiger partial charge on any atom is -0.484 e. The molecular weight excluding hydrogens is 275 g/mol. The number of carbonyl (C=O) groups is 1. The van der Waals surface area contributed by atoms with E-state index in [0.29, 0.717) is 13.0 Å². The Morgan fingerprint density at radius 2 is 1.95 bits per heavy atom.